The van der Waals surface area contributed by atoms with Crippen molar-refractivity contribution in [3.63, 3.8) is 0 Å². The van der Waals surface area contributed by atoms with Crippen LogP contribution in [0.25, 0.3) is 27.8 Å². The third-order valence-corrected chi connectivity index (χ3v) is 5.96. The lowest BCUT2D eigenvalue weighted by molar-refractivity contribution is 0.445. The number of hydrogen-bond acceptors (Lipinski definition) is 3. The number of aromatic nitrogens is 3. The van der Waals surface area contributed by atoms with E-state index >= 15 is 0 Å². The van der Waals surface area contributed by atoms with Crippen molar-refractivity contribution in [1.29, 1.82) is 0 Å². The van der Waals surface area contributed by atoms with Crippen LogP contribution in [0, 0.1) is 5.92 Å². The summed E-state index contributed by atoms with van der Waals surface area (Å²) in [5.74, 6) is 1.71. The van der Waals surface area contributed by atoms with Crippen molar-refractivity contribution in [2.45, 2.75) is 19.8 Å². The molecule has 1 saturated heterocycles. The molecule has 1 fully saturated rings. The third-order valence-electron chi connectivity index (χ3n) is 5.71. The molecule has 0 unspecified atom stereocenters. The average molecular weight is 403 g/mol. The fourth-order valence-electron chi connectivity index (χ4n) is 4.30. The molecule has 0 N–H and O–H groups in total. The van der Waals surface area contributed by atoms with Gasteiger partial charge in [0.1, 0.15) is 12.1 Å². The first-order valence-electron chi connectivity index (χ1n) is 10.1. The van der Waals surface area contributed by atoms with Crippen LogP contribution < -0.4 is 4.90 Å². The molecule has 29 heavy (non-hydrogen) atoms. The molecule has 5 rings (SSSR count). The molecule has 5 heteroatoms. The first-order valence-corrected chi connectivity index (χ1v) is 10.5. The van der Waals surface area contributed by atoms with Gasteiger partial charge in [0, 0.05) is 35.6 Å². The van der Waals surface area contributed by atoms with E-state index in [1.807, 2.05) is 30.3 Å². The van der Waals surface area contributed by atoms with Gasteiger partial charge in [0.2, 0.25) is 0 Å². The van der Waals surface area contributed by atoms with Crippen LogP contribution in [-0.2, 0) is 0 Å². The Morgan fingerprint density at radius 1 is 1.00 bits per heavy atom. The highest BCUT2D eigenvalue weighted by molar-refractivity contribution is 6.30. The highest BCUT2D eigenvalue weighted by Gasteiger charge is 2.24. The highest BCUT2D eigenvalue weighted by Crippen LogP contribution is 2.37. The summed E-state index contributed by atoms with van der Waals surface area (Å²) in [5, 5.41) is 1.84. The van der Waals surface area contributed by atoms with Gasteiger partial charge in [-0.05, 0) is 48.6 Å². The van der Waals surface area contributed by atoms with Gasteiger partial charge >= 0.3 is 0 Å². The third kappa shape index (κ3) is 3.38. The van der Waals surface area contributed by atoms with Crippen molar-refractivity contribution in [2.75, 3.05) is 18.0 Å². The van der Waals surface area contributed by atoms with Gasteiger partial charge in [-0.25, -0.2) is 9.97 Å². The van der Waals surface area contributed by atoms with Gasteiger partial charge in [-0.3, -0.25) is 0 Å². The predicted molar refractivity (Wildman–Crippen MR) is 120 cm³/mol. The maximum atomic E-state index is 6.12. The van der Waals surface area contributed by atoms with Crippen LogP contribution in [0.4, 0.5) is 5.82 Å². The minimum atomic E-state index is 0.673. The van der Waals surface area contributed by atoms with E-state index in [1.54, 1.807) is 6.33 Å². The summed E-state index contributed by atoms with van der Waals surface area (Å²) in [5.41, 5.74) is 4.29. The number of fused-ring (bicyclic) bond motifs is 1. The number of piperidine rings is 1. The van der Waals surface area contributed by atoms with E-state index in [-0.39, 0.29) is 0 Å². The molecular formula is C24H23ClN4. The van der Waals surface area contributed by atoms with E-state index in [0.717, 1.165) is 46.2 Å². The summed E-state index contributed by atoms with van der Waals surface area (Å²) >= 11 is 6.12. The zero-order chi connectivity index (χ0) is 19.8. The molecule has 4 nitrogen and oxygen atoms in total. The summed E-state index contributed by atoms with van der Waals surface area (Å²) in [6.45, 7) is 4.39. The van der Waals surface area contributed by atoms with Crippen molar-refractivity contribution in [3.8, 4) is 16.8 Å². The Bertz CT molecular complexity index is 1130. The Hall–Kier alpha value is -2.85. The molecule has 1 aliphatic rings. The van der Waals surface area contributed by atoms with E-state index in [9.17, 15) is 0 Å². The number of anilines is 1. The quantitative estimate of drug-likeness (QED) is 0.423. The van der Waals surface area contributed by atoms with E-state index in [1.165, 1.54) is 18.4 Å². The summed E-state index contributed by atoms with van der Waals surface area (Å²) in [7, 11) is 0. The van der Waals surface area contributed by atoms with Crippen LogP contribution in [0.3, 0.4) is 0 Å². The van der Waals surface area contributed by atoms with Gasteiger partial charge in [0.05, 0.1) is 5.39 Å². The second kappa shape index (κ2) is 7.53. The Morgan fingerprint density at radius 3 is 2.55 bits per heavy atom. The van der Waals surface area contributed by atoms with Crippen LogP contribution in [-0.4, -0.2) is 27.6 Å². The molecule has 146 valence electrons. The molecule has 4 aromatic rings. The Morgan fingerprint density at radius 2 is 1.79 bits per heavy atom. The predicted octanol–water partition coefficient (Wildman–Crippen LogP) is 5.98. The van der Waals surface area contributed by atoms with Gasteiger partial charge in [-0.15, -0.1) is 0 Å². The monoisotopic (exact) mass is 402 g/mol. The molecule has 2 aromatic carbocycles. The van der Waals surface area contributed by atoms with Crippen LogP contribution in [0.1, 0.15) is 19.8 Å². The zero-order valence-corrected chi connectivity index (χ0v) is 17.2. The summed E-state index contributed by atoms with van der Waals surface area (Å²) < 4.78 is 2.15. The van der Waals surface area contributed by atoms with E-state index in [2.05, 4.69) is 46.9 Å². The lowest BCUT2D eigenvalue weighted by Crippen LogP contribution is -2.35. The minimum absolute atomic E-state index is 0.673. The highest BCUT2D eigenvalue weighted by atomic mass is 35.5. The van der Waals surface area contributed by atoms with Crippen LogP contribution >= 0.6 is 11.6 Å². The molecule has 2 aromatic heterocycles. The molecule has 0 aliphatic carbocycles. The number of halogens is 1. The van der Waals surface area contributed by atoms with Gasteiger partial charge in [0.15, 0.2) is 5.65 Å². The molecule has 0 amide bonds. The average Bonchev–Trinajstić information content (AvgIpc) is 3.15. The Kier molecular flexibility index (Phi) is 4.72. The SMILES string of the molecule is C[C@H]1CCCN(c2ncnc3c2c(-c2ccccc2)cn3-c2ccc(Cl)cc2)C1. The summed E-state index contributed by atoms with van der Waals surface area (Å²) in [6, 6.07) is 18.4. The van der Waals surface area contributed by atoms with Crippen molar-refractivity contribution in [1.82, 2.24) is 14.5 Å². The number of rotatable bonds is 3. The number of hydrogen-bond donors (Lipinski definition) is 0. The Labute approximate surface area is 175 Å². The van der Waals surface area contributed by atoms with Crippen LogP contribution in [0.15, 0.2) is 67.1 Å². The second-order valence-electron chi connectivity index (χ2n) is 7.84. The largest absolute Gasteiger partial charge is 0.356 e. The fraction of sp³-hybridized carbons (Fsp3) is 0.250. The van der Waals surface area contributed by atoms with Crippen LogP contribution in [0.5, 0.6) is 0 Å². The fourth-order valence-corrected chi connectivity index (χ4v) is 4.43. The normalized spacial score (nSPS) is 17.0. The maximum absolute atomic E-state index is 6.12. The molecule has 0 saturated carbocycles. The molecule has 3 heterocycles. The van der Waals surface area contributed by atoms with Crippen molar-refractivity contribution in [2.24, 2.45) is 5.92 Å². The smallest absolute Gasteiger partial charge is 0.150 e. The molecule has 1 aliphatic heterocycles. The van der Waals surface area contributed by atoms with Crippen LogP contribution in [0.2, 0.25) is 5.02 Å². The standard InChI is InChI=1S/C24H23ClN4/c1-17-6-5-13-28(14-17)23-22-21(18-7-3-2-4-8-18)15-29(24(22)27-16-26-23)20-11-9-19(25)10-12-20/h2-4,7-12,15-17H,5-6,13-14H2,1H3/t17-/m0/s1. The summed E-state index contributed by atoms with van der Waals surface area (Å²) in [4.78, 5) is 11.9. The first kappa shape index (κ1) is 18.2. The van der Waals surface area contributed by atoms with Gasteiger partial charge in [-0.1, -0.05) is 48.9 Å². The maximum Gasteiger partial charge on any atom is 0.150 e. The number of nitrogens with zero attached hydrogens (tertiary/aromatic N) is 4. The van der Waals surface area contributed by atoms with Gasteiger partial charge < -0.3 is 9.47 Å². The molecule has 1 atom stereocenters. The topological polar surface area (TPSA) is 34.0 Å². The van der Waals surface area contributed by atoms with E-state index < -0.39 is 0 Å². The summed E-state index contributed by atoms with van der Waals surface area (Å²) in [6.07, 6.45) is 6.35. The lowest BCUT2D eigenvalue weighted by Gasteiger charge is -2.32. The van der Waals surface area contributed by atoms with Gasteiger partial charge in [0.25, 0.3) is 0 Å². The molecule has 0 bridgehead atoms. The van der Waals surface area contributed by atoms with Crippen molar-refractivity contribution in [3.05, 3.63) is 72.1 Å². The van der Waals surface area contributed by atoms with E-state index in [4.69, 9.17) is 21.6 Å². The van der Waals surface area contributed by atoms with Crippen molar-refractivity contribution < 1.29 is 0 Å². The number of benzene rings is 2. The van der Waals surface area contributed by atoms with Gasteiger partial charge in [-0.2, -0.15) is 0 Å². The Balaban J connectivity index is 1.76. The van der Waals surface area contributed by atoms with E-state index in [0.29, 0.717) is 5.92 Å². The first-order chi connectivity index (χ1) is 14.2. The second-order valence-corrected chi connectivity index (χ2v) is 8.28. The molecule has 0 radical (unpaired) electrons. The lowest BCUT2D eigenvalue weighted by atomic mass is 9.99. The van der Waals surface area contributed by atoms with Crippen molar-refractivity contribution >= 4 is 28.5 Å². The molecular weight excluding hydrogens is 380 g/mol. The zero-order valence-electron chi connectivity index (χ0n) is 16.4. The molecule has 0 spiro atoms. The minimum Gasteiger partial charge on any atom is -0.356 e.